The number of aromatic hydroxyl groups is 1. The second kappa shape index (κ2) is 8.37. The molecule has 0 unspecified atom stereocenters. The first-order valence-electron chi connectivity index (χ1n) is 10.5. The molecule has 0 amide bonds. The van der Waals surface area contributed by atoms with Gasteiger partial charge in [-0.05, 0) is 36.6 Å². The number of phenols is 1. The summed E-state index contributed by atoms with van der Waals surface area (Å²) in [6.07, 6.45) is 3.75. The first-order chi connectivity index (χ1) is 15.3. The van der Waals surface area contributed by atoms with Crippen LogP contribution < -0.4 is 0 Å². The minimum Gasteiger partial charge on any atom is -0.507 e. The molecule has 0 fully saturated rings. The minimum atomic E-state index is 0. The standard InChI is InChI=1S/C27H20N3O.Pt/c31-24-14-4-7-18-10-6-16-30-23-13-5-11-21(26(23)29-27(30)25(18)24)19-8-3-9-20(17-19)22-12-1-2-15-28-22;/h1-5,7-9,11-15,31H,6,10,16H2;/q-1;. The van der Waals surface area contributed by atoms with E-state index in [0.717, 1.165) is 69.8 Å². The monoisotopic (exact) mass is 597 g/mol. The van der Waals surface area contributed by atoms with Gasteiger partial charge in [-0.1, -0.05) is 47.5 Å². The van der Waals surface area contributed by atoms with Crippen LogP contribution in [0, 0.1) is 6.07 Å². The molecule has 0 bridgehead atoms. The van der Waals surface area contributed by atoms with Crippen LogP contribution in [0.2, 0.25) is 0 Å². The first kappa shape index (κ1) is 20.7. The third kappa shape index (κ3) is 3.36. The van der Waals surface area contributed by atoms with Crippen LogP contribution in [0.3, 0.4) is 0 Å². The predicted octanol–water partition coefficient (Wildman–Crippen LogP) is 5.88. The quantitative estimate of drug-likeness (QED) is 0.259. The van der Waals surface area contributed by atoms with Gasteiger partial charge in [0.2, 0.25) is 0 Å². The van der Waals surface area contributed by atoms with Crippen molar-refractivity contribution in [3.8, 4) is 39.5 Å². The van der Waals surface area contributed by atoms with E-state index in [1.807, 2.05) is 36.4 Å². The zero-order valence-corrected chi connectivity index (χ0v) is 19.5. The third-order valence-electron chi connectivity index (χ3n) is 5.99. The minimum absolute atomic E-state index is 0. The Morgan fingerprint density at radius 3 is 2.59 bits per heavy atom. The molecule has 6 rings (SSSR count). The number of fused-ring (bicyclic) bond motifs is 5. The maximum atomic E-state index is 10.6. The summed E-state index contributed by atoms with van der Waals surface area (Å²) in [7, 11) is 0. The van der Waals surface area contributed by atoms with Crippen molar-refractivity contribution >= 4 is 11.0 Å². The Bertz CT molecular complexity index is 1430. The predicted molar refractivity (Wildman–Crippen MR) is 123 cm³/mol. The summed E-state index contributed by atoms with van der Waals surface area (Å²) in [6.45, 7) is 0.876. The summed E-state index contributed by atoms with van der Waals surface area (Å²) in [5.41, 5.74) is 7.90. The number of pyridine rings is 1. The summed E-state index contributed by atoms with van der Waals surface area (Å²) < 4.78 is 2.24. The molecule has 0 aliphatic carbocycles. The van der Waals surface area contributed by atoms with Crippen molar-refractivity contribution in [2.45, 2.75) is 19.4 Å². The maximum absolute atomic E-state index is 10.6. The van der Waals surface area contributed by atoms with Crippen molar-refractivity contribution in [1.29, 1.82) is 0 Å². The Hall–Kier alpha value is -3.23. The van der Waals surface area contributed by atoms with Crippen LogP contribution in [0.1, 0.15) is 12.0 Å². The normalized spacial score (nSPS) is 12.5. The van der Waals surface area contributed by atoms with Gasteiger partial charge in [0, 0.05) is 39.5 Å². The number of nitrogens with zero attached hydrogens (tertiary/aromatic N) is 3. The van der Waals surface area contributed by atoms with Crippen molar-refractivity contribution in [1.82, 2.24) is 14.5 Å². The fourth-order valence-corrected chi connectivity index (χ4v) is 4.56. The number of benzene rings is 3. The van der Waals surface area contributed by atoms with Crippen LogP contribution in [-0.4, -0.2) is 19.6 Å². The summed E-state index contributed by atoms with van der Waals surface area (Å²) >= 11 is 0. The molecule has 2 aromatic heterocycles. The van der Waals surface area contributed by atoms with Crippen LogP contribution in [0.25, 0.3) is 44.8 Å². The van der Waals surface area contributed by atoms with Gasteiger partial charge in [0.25, 0.3) is 0 Å². The molecule has 0 saturated carbocycles. The van der Waals surface area contributed by atoms with E-state index in [9.17, 15) is 5.11 Å². The molecule has 0 saturated heterocycles. The zero-order chi connectivity index (χ0) is 20.8. The van der Waals surface area contributed by atoms with E-state index in [0.29, 0.717) is 5.75 Å². The van der Waals surface area contributed by atoms with Crippen molar-refractivity contribution in [3.63, 3.8) is 0 Å². The van der Waals surface area contributed by atoms with Crippen LogP contribution in [0.15, 0.2) is 79.0 Å². The summed E-state index contributed by atoms with van der Waals surface area (Å²) in [4.78, 5) is 9.53. The molecule has 4 nitrogen and oxygen atoms in total. The van der Waals surface area contributed by atoms with Gasteiger partial charge in [-0.2, -0.15) is 0 Å². The van der Waals surface area contributed by atoms with Crippen LogP contribution in [-0.2, 0) is 34.0 Å². The number of hydrogen-bond acceptors (Lipinski definition) is 3. The molecule has 1 N–H and O–H groups in total. The third-order valence-corrected chi connectivity index (χ3v) is 5.99. The van der Waals surface area contributed by atoms with Gasteiger partial charge in [0.05, 0.1) is 16.6 Å². The largest absolute Gasteiger partial charge is 0.507 e. The Morgan fingerprint density at radius 2 is 1.72 bits per heavy atom. The van der Waals surface area contributed by atoms with Crippen LogP contribution in [0.4, 0.5) is 0 Å². The zero-order valence-electron chi connectivity index (χ0n) is 17.2. The van der Waals surface area contributed by atoms with Gasteiger partial charge in [-0.25, -0.2) is 4.98 Å². The first-order valence-corrected chi connectivity index (χ1v) is 10.5. The van der Waals surface area contributed by atoms with Crippen molar-refractivity contribution in [2.75, 3.05) is 0 Å². The summed E-state index contributed by atoms with van der Waals surface area (Å²) in [6, 6.07) is 27.6. The Morgan fingerprint density at radius 1 is 0.875 bits per heavy atom. The molecule has 0 atom stereocenters. The molecule has 3 heterocycles. The fraction of sp³-hybridized carbons (Fsp3) is 0.111. The molecule has 160 valence electrons. The summed E-state index contributed by atoms with van der Waals surface area (Å²) in [5, 5.41) is 10.6. The van der Waals surface area contributed by atoms with Crippen LogP contribution in [0.5, 0.6) is 5.75 Å². The molecule has 1 aliphatic rings. The van der Waals surface area contributed by atoms with E-state index in [2.05, 4.69) is 45.9 Å². The van der Waals surface area contributed by atoms with Crippen molar-refractivity contribution in [3.05, 3.63) is 90.6 Å². The van der Waals surface area contributed by atoms with E-state index in [1.165, 1.54) is 0 Å². The number of imidazole rings is 1. The number of aromatic nitrogens is 3. The number of para-hydroxylation sites is 1. The number of phenolic OH excluding ortho intramolecular Hbond substituents is 1. The van der Waals surface area contributed by atoms with E-state index in [4.69, 9.17) is 4.98 Å². The Kier molecular flexibility index (Phi) is 5.40. The smallest absolute Gasteiger partial charge is 0.144 e. The summed E-state index contributed by atoms with van der Waals surface area (Å²) in [5.74, 6) is 1.13. The molecular weight excluding hydrogens is 577 g/mol. The Balaban J connectivity index is 0.00000216. The average Bonchev–Trinajstić information content (AvgIpc) is 3.07. The molecule has 0 spiro atoms. The molecule has 1 aliphatic heterocycles. The van der Waals surface area contributed by atoms with Crippen LogP contribution >= 0.6 is 0 Å². The number of rotatable bonds is 2. The molecule has 0 radical (unpaired) electrons. The van der Waals surface area contributed by atoms with Crippen molar-refractivity contribution in [2.24, 2.45) is 0 Å². The van der Waals surface area contributed by atoms with Crippen molar-refractivity contribution < 1.29 is 26.2 Å². The van der Waals surface area contributed by atoms with Gasteiger partial charge in [0.1, 0.15) is 11.6 Å². The molecule has 5 heteroatoms. The van der Waals surface area contributed by atoms with E-state index in [-0.39, 0.29) is 21.1 Å². The van der Waals surface area contributed by atoms with Gasteiger partial charge < -0.3 is 9.67 Å². The second-order valence-electron chi connectivity index (χ2n) is 7.87. The fourth-order valence-electron chi connectivity index (χ4n) is 4.56. The van der Waals surface area contributed by atoms with Gasteiger partial charge in [-0.3, -0.25) is 4.98 Å². The number of hydrogen-bond donors (Lipinski definition) is 1. The van der Waals surface area contributed by atoms with Gasteiger partial charge in [-0.15, -0.1) is 29.8 Å². The average molecular weight is 598 g/mol. The molecular formula is C27H20N3OPt-. The van der Waals surface area contributed by atoms with Gasteiger partial charge in [0.15, 0.2) is 0 Å². The SMILES string of the molecule is Oc1cccc2c1-c1nc3c(-c4[c-]c(-c5ccccn5)ccc4)cccc3n1CCC2.[Pt]. The molecule has 3 aromatic carbocycles. The Labute approximate surface area is 200 Å². The second-order valence-corrected chi connectivity index (χ2v) is 7.87. The van der Waals surface area contributed by atoms with E-state index < -0.39 is 0 Å². The molecule has 5 aromatic rings. The number of aryl methyl sites for hydroxylation is 2. The maximum Gasteiger partial charge on any atom is 0.144 e. The topological polar surface area (TPSA) is 50.9 Å². The van der Waals surface area contributed by atoms with Gasteiger partial charge >= 0.3 is 0 Å². The molecule has 32 heavy (non-hydrogen) atoms. The van der Waals surface area contributed by atoms with E-state index >= 15 is 0 Å². The van der Waals surface area contributed by atoms with E-state index in [1.54, 1.807) is 12.3 Å².